The average molecular weight is 345 g/mol. The van der Waals surface area contributed by atoms with Gasteiger partial charge in [0.1, 0.15) is 11.3 Å². The zero-order valence-corrected chi connectivity index (χ0v) is 13.1. The Balaban J connectivity index is 2.32. The SMILES string of the molecule is CC1=C(C)/C(=N\OC(=O)c2ccc([N+](=O)[O-])cc2[N+](=O)[O-])C=CC1=O. The van der Waals surface area contributed by atoms with Gasteiger partial charge in [0.15, 0.2) is 5.78 Å². The van der Waals surface area contributed by atoms with Gasteiger partial charge in [-0.2, -0.15) is 0 Å². The van der Waals surface area contributed by atoms with E-state index in [9.17, 15) is 29.8 Å². The third-order valence-corrected chi connectivity index (χ3v) is 3.54. The van der Waals surface area contributed by atoms with Crippen molar-refractivity contribution in [1.29, 1.82) is 0 Å². The number of allylic oxidation sites excluding steroid dienone is 4. The van der Waals surface area contributed by atoms with Crippen molar-refractivity contribution in [3.05, 3.63) is 67.3 Å². The number of nitro groups is 2. The molecular weight excluding hydrogens is 334 g/mol. The van der Waals surface area contributed by atoms with Crippen molar-refractivity contribution in [2.75, 3.05) is 0 Å². The summed E-state index contributed by atoms with van der Waals surface area (Å²) in [5.74, 6) is -1.35. The van der Waals surface area contributed by atoms with Crippen molar-refractivity contribution in [1.82, 2.24) is 0 Å². The molecule has 1 aliphatic rings. The Morgan fingerprint density at radius 2 is 1.76 bits per heavy atom. The number of rotatable bonds is 4. The molecule has 1 aromatic carbocycles. The lowest BCUT2D eigenvalue weighted by atomic mass is 9.97. The summed E-state index contributed by atoms with van der Waals surface area (Å²) in [6.07, 6.45) is 2.60. The third kappa shape index (κ3) is 3.63. The predicted molar refractivity (Wildman–Crippen MR) is 85.1 cm³/mol. The molecule has 1 aromatic rings. The molecule has 25 heavy (non-hydrogen) atoms. The van der Waals surface area contributed by atoms with E-state index in [0.29, 0.717) is 17.2 Å². The first kappa shape index (κ1) is 17.7. The van der Waals surface area contributed by atoms with E-state index in [-0.39, 0.29) is 11.5 Å². The Kier molecular flexibility index (Phi) is 4.82. The molecule has 0 N–H and O–H groups in total. The fraction of sp³-hybridized carbons (Fsp3) is 0.133. The van der Waals surface area contributed by atoms with Crippen molar-refractivity contribution in [2.24, 2.45) is 5.16 Å². The molecule has 0 heterocycles. The molecule has 0 amide bonds. The summed E-state index contributed by atoms with van der Waals surface area (Å²) in [5.41, 5.74) is -0.629. The van der Waals surface area contributed by atoms with E-state index in [4.69, 9.17) is 4.84 Å². The second-order valence-corrected chi connectivity index (χ2v) is 5.02. The van der Waals surface area contributed by atoms with E-state index >= 15 is 0 Å². The highest BCUT2D eigenvalue weighted by atomic mass is 16.7. The number of carbonyl (C=O) groups excluding carboxylic acids is 2. The van der Waals surface area contributed by atoms with Gasteiger partial charge in [0.05, 0.1) is 15.9 Å². The number of oxime groups is 1. The number of carbonyl (C=O) groups is 2. The smallest absolute Gasteiger partial charge is 0.312 e. The van der Waals surface area contributed by atoms with Crippen LogP contribution in [0.25, 0.3) is 0 Å². The maximum Gasteiger partial charge on any atom is 0.372 e. The summed E-state index contributed by atoms with van der Waals surface area (Å²) in [7, 11) is 0. The summed E-state index contributed by atoms with van der Waals surface area (Å²) in [6.45, 7) is 3.19. The van der Waals surface area contributed by atoms with E-state index in [0.717, 1.165) is 12.1 Å². The Labute approximate surface area is 140 Å². The predicted octanol–water partition coefficient (Wildman–Crippen LogP) is 2.49. The molecule has 10 heteroatoms. The summed E-state index contributed by atoms with van der Waals surface area (Å²) in [6, 6.07) is 2.54. The van der Waals surface area contributed by atoms with Crippen molar-refractivity contribution in [3.63, 3.8) is 0 Å². The van der Waals surface area contributed by atoms with Crippen LogP contribution in [0.2, 0.25) is 0 Å². The summed E-state index contributed by atoms with van der Waals surface area (Å²) >= 11 is 0. The molecule has 0 aliphatic heterocycles. The fourth-order valence-corrected chi connectivity index (χ4v) is 1.98. The number of benzene rings is 1. The monoisotopic (exact) mass is 345 g/mol. The van der Waals surface area contributed by atoms with Gasteiger partial charge in [-0.1, -0.05) is 5.16 Å². The molecule has 0 atom stereocenters. The molecule has 2 rings (SSSR count). The normalized spacial score (nSPS) is 15.4. The van der Waals surface area contributed by atoms with Gasteiger partial charge in [0.2, 0.25) is 0 Å². The zero-order chi connectivity index (χ0) is 18.7. The van der Waals surface area contributed by atoms with Gasteiger partial charge in [0, 0.05) is 11.6 Å². The fourth-order valence-electron chi connectivity index (χ4n) is 1.98. The van der Waals surface area contributed by atoms with Gasteiger partial charge in [-0.3, -0.25) is 25.0 Å². The van der Waals surface area contributed by atoms with Gasteiger partial charge < -0.3 is 4.84 Å². The molecule has 0 saturated carbocycles. The van der Waals surface area contributed by atoms with Crippen molar-refractivity contribution < 1.29 is 24.3 Å². The molecule has 0 saturated heterocycles. The van der Waals surface area contributed by atoms with Crippen LogP contribution >= 0.6 is 0 Å². The topological polar surface area (TPSA) is 142 Å². The third-order valence-electron chi connectivity index (χ3n) is 3.54. The van der Waals surface area contributed by atoms with E-state index in [1.54, 1.807) is 13.8 Å². The molecule has 128 valence electrons. The van der Waals surface area contributed by atoms with Crippen molar-refractivity contribution in [3.8, 4) is 0 Å². The highest BCUT2D eigenvalue weighted by molar-refractivity contribution is 6.21. The van der Waals surface area contributed by atoms with Crippen LogP contribution in [0.15, 0.2) is 46.7 Å². The van der Waals surface area contributed by atoms with Crippen molar-refractivity contribution in [2.45, 2.75) is 13.8 Å². The Hall–Kier alpha value is -3.69. The van der Waals surface area contributed by atoms with Crippen LogP contribution in [-0.4, -0.2) is 27.3 Å². The van der Waals surface area contributed by atoms with Crippen LogP contribution in [0.4, 0.5) is 11.4 Å². The quantitative estimate of drug-likeness (QED) is 0.353. The largest absolute Gasteiger partial charge is 0.372 e. The standard InChI is InChI=1S/C15H11N3O7/c1-8-9(2)14(19)6-5-12(8)16-25-15(20)11-4-3-10(17(21)22)7-13(11)18(23)24/h3-7H,1-2H3/b16-12-. The number of ketones is 1. The second-order valence-electron chi connectivity index (χ2n) is 5.02. The molecule has 0 unspecified atom stereocenters. The maximum atomic E-state index is 12.0. The minimum atomic E-state index is -1.15. The molecule has 0 bridgehead atoms. The van der Waals surface area contributed by atoms with Crippen LogP contribution in [0.1, 0.15) is 24.2 Å². The molecular formula is C15H11N3O7. The number of non-ortho nitro benzene ring substituents is 1. The molecule has 10 nitrogen and oxygen atoms in total. The molecule has 0 radical (unpaired) electrons. The van der Waals surface area contributed by atoms with Gasteiger partial charge in [-0.15, -0.1) is 0 Å². The number of hydrogen-bond acceptors (Lipinski definition) is 8. The van der Waals surface area contributed by atoms with E-state index in [2.05, 4.69) is 5.16 Å². The van der Waals surface area contributed by atoms with Crippen LogP contribution in [-0.2, 0) is 9.63 Å². The van der Waals surface area contributed by atoms with Gasteiger partial charge in [0.25, 0.3) is 11.4 Å². The minimum absolute atomic E-state index is 0.200. The molecule has 0 aromatic heterocycles. The zero-order valence-electron chi connectivity index (χ0n) is 13.1. The highest BCUT2D eigenvalue weighted by Gasteiger charge is 2.26. The lowest BCUT2D eigenvalue weighted by molar-refractivity contribution is -0.394. The lowest BCUT2D eigenvalue weighted by Crippen LogP contribution is -2.13. The molecule has 0 fully saturated rings. The molecule has 1 aliphatic carbocycles. The molecule has 0 spiro atoms. The Morgan fingerprint density at radius 1 is 1.08 bits per heavy atom. The van der Waals surface area contributed by atoms with Crippen LogP contribution in [0.5, 0.6) is 0 Å². The number of nitrogens with zero attached hydrogens (tertiary/aromatic N) is 3. The number of hydrogen-bond donors (Lipinski definition) is 0. The minimum Gasteiger partial charge on any atom is -0.312 e. The first-order valence-corrected chi connectivity index (χ1v) is 6.84. The maximum absolute atomic E-state index is 12.0. The summed E-state index contributed by atoms with van der Waals surface area (Å²) < 4.78 is 0. The van der Waals surface area contributed by atoms with Crippen LogP contribution in [0.3, 0.4) is 0 Å². The highest BCUT2D eigenvalue weighted by Crippen LogP contribution is 2.25. The van der Waals surface area contributed by atoms with Gasteiger partial charge >= 0.3 is 5.97 Å². The van der Waals surface area contributed by atoms with Gasteiger partial charge in [-0.25, -0.2) is 4.79 Å². The van der Waals surface area contributed by atoms with Crippen LogP contribution in [0, 0.1) is 20.2 Å². The Bertz CT molecular complexity index is 896. The summed E-state index contributed by atoms with van der Waals surface area (Å²) in [5, 5.41) is 25.3. The average Bonchev–Trinajstić information content (AvgIpc) is 2.58. The lowest BCUT2D eigenvalue weighted by Gasteiger charge is -2.09. The van der Waals surface area contributed by atoms with Crippen molar-refractivity contribution >= 4 is 28.8 Å². The van der Waals surface area contributed by atoms with E-state index in [1.165, 1.54) is 12.2 Å². The second kappa shape index (κ2) is 6.83. The number of nitro benzene ring substituents is 2. The summed E-state index contributed by atoms with van der Waals surface area (Å²) in [4.78, 5) is 48.2. The first-order valence-electron chi connectivity index (χ1n) is 6.84. The van der Waals surface area contributed by atoms with E-state index < -0.39 is 32.8 Å². The Morgan fingerprint density at radius 3 is 2.36 bits per heavy atom. The van der Waals surface area contributed by atoms with Crippen LogP contribution < -0.4 is 0 Å². The van der Waals surface area contributed by atoms with Gasteiger partial charge in [-0.05, 0) is 37.6 Å². The van der Waals surface area contributed by atoms with E-state index in [1.807, 2.05) is 0 Å². The first-order chi connectivity index (χ1) is 11.7.